The van der Waals surface area contributed by atoms with Crippen LogP contribution in [0.4, 0.5) is 5.00 Å². The average molecular weight is 429 g/mol. The maximum atomic E-state index is 12.4. The highest BCUT2D eigenvalue weighted by atomic mass is 32.1. The minimum Gasteiger partial charge on any atom is -0.496 e. The SMILES string of the molecule is CCOC(=O)c1c(NC(=O)CCc2nc(-c3ccccc3OC)no2)sc(C)c1C. The summed E-state index contributed by atoms with van der Waals surface area (Å²) in [7, 11) is 1.57. The van der Waals surface area contributed by atoms with Crippen molar-refractivity contribution in [3.05, 3.63) is 46.2 Å². The molecule has 9 heteroatoms. The Hall–Kier alpha value is -3.20. The number of benzene rings is 1. The zero-order valence-corrected chi connectivity index (χ0v) is 18.1. The minimum absolute atomic E-state index is 0.131. The van der Waals surface area contributed by atoms with Gasteiger partial charge in [-0.15, -0.1) is 11.3 Å². The molecule has 2 aromatic heterocycles. The van der Waals surface area contributed by atoms with Crippen LogP contribution in [-0.2, 0) is 16.0 Å². The summed E-state index contributed by atoms with van der Waals surface area (Å²) >= 11 is 1.35. The summed E-state index contributed by atoms with van der Waals surface area (Å²) in [5.41, 5.74) is 1.93. The molecule has 158 valence electrons. The van der Waals surface area contributed by atoms with E-state index in [1.807, 2.05) is 38.1 Å². The lowest BCUT2D eigenvalue weighted by Gasteiger charge is -2.06. The molecule has 0 unspecified atom stereocenters. The predicted molar refractivity (Wildman–Crippen MR) is 113 cm³/mol. The number of methoxy groups -OCH3 is 1. The molecule has 0 fully saturated rings. The molecule has 1 N–H and O–H groups in total. The summed E-state index contributed by atoms with van der Waals surface area (Å²) in [6.07, 6.45) is 0.401. The number of anilines is 1. The van der Waals surface area contributed by atoms with Crippen molar-refractivity contribution in [2.45, 2.75) is 33.6 Å². The van der Waals surface area contributed by atoms with Gasteiger partial charge in [-0.1, -0.05) is 17.3 Å². The van der Waals surface area contributed by atoms with Gasteiger partial charge in [-0.25, -0.2) is 4.79 Å². The van der Waals surface area contributed by atoms with E-state index in [1.54, 1.807) is 14.0 Å². The molecule has 3 aromatic rings. The number of carbonyl (C=O) groups is 2. The molecule has 0 bridgehead atoms. The van der Waals surface area contributed by atoms with Crippen LogP contribution in [0.25, 0.3) is 11.4 Å². The van der Waals surface area contributed by atoms with Crippen LogP contribution in [0.2, 0.25) is 0 Å². The van der Waals surface area contributed by atoms with Gasteiger partial charge in [0.2, 0.25) is 17.6 Å². The van der Waals surface area contributed by atoms with E-state index in [2.05, 4.69) is 15.5 Å². The number of para-hydroxylation sites is 1. The summed E-state index contributed by atoms with van der Waals surface area (Å²) in [5.74, 6) is 0.691. The lowest BCUT2D eigenvalue weighted by molar-refractivity contribution is -0.116. The molecule has 1 aromatic carbocycles. The number of esters is 1. The van der Waals surface area contributed by atoms with Gasteiger partial charge in [0.15, 0.2) is 0 Å². The number of hydrogen-bond acceptors (Lipinski definition) is 8. The zero-order chi connectivity index (χ0) is 21.7. The average Bonchev–Trinajstić information content (AvgIpc) is 3.31. The van der Waals surface area contributed by atoms with Crippen LogP contribution in [0.15, 0.2) is 28.8 Å². The minimum atomic E-state index is -0.437. The summed E-state index contributed by atoms with van der Waals surface area (Å²) in [6, 6.07) is 7.35. The van der Waals surface area contributed by atoms with Gasteiger partial charge in [-0.3, -0.25) is 4.79 Å². The molecule has 3 rings (SSSR count). The lowest BCUT2D eigenvalue weighted by Crippen LogP contribution is -2.15. The second-order valence-electron chi connectivity index (χ2n) is 6.47. The van der Waals surface area contributed by atoms with Gasteiger partial charge in [0.25, 0.3) is 0 Å². The smallest absolute Gasteiger partial charge is 0.341 e. The first-order valence-corrected chi connectivity index (χ1v) is 10.3. The highest BCUT2D eigenvalue weighted by Crippen LogP contribution is 2.33. The Morgan fingerprint density at radius 3 is 2.73 bits per heavy atom. The Morgan fingerprint density at radius 2 is 2.00 bits per heavy atom. The Labute approximate surface area is 178 Å². The monoisotopic (exact) mass is 429 g/mol. The van der Waals surface area contributed by atoms with Gasteiger partial charge in [0.1, 0.15) is 10.8 Å². The first kappa shape index (κ1) is 21.5. The van der Waals surface area contributed by atoms with Crippen molar-refractivity contribution in [3.8, 4) is 17.1 Å². The van der Waals surface area contributed by atoms with Crippen molar-refractivity contribution in [1.82, 2.24) is 10.1 Å². The third-order valence-electron chi connectivity index (χ3n) is 4.50. The fraction of sp³-hybridized carbons (Fsp3) is 0.333. The molecule has 30 heavy (non-hydrogen) atoms. The quantitative estimate of drug-likeness (QED) is 0.536. The molecule has 0 atom stereocenters. The predicted octanol–water partition coefficient (Wildman–Crippen LogP) is 4.17. The molecule has 0 radical (unpaired) electrons. The normalized spacial score (nSPS) is 10.7. The van der Waals surface area contributed by atoms with Crippen LogP contribution in [-0.4, -0.2) is 35.7 Å². The van der Waals surface area contributed by atoms with Crippen LogP contribution in [0.1, 0.15) is 40.0 Å². The number of nitrogens with zero attached hydrogens (tertiary/aromatic N) is 2. The first-order valence-electron chi connectivity index (χ1n) is 9.47. The van der Waals surface area contributed by atoms with E-state index in [0.29, 0.717) is 33.6 Å². The largest absolute Gasteiger partial charge is 0.496 e. The van der Waals surface area contributed by atoms with Gasteiger partial charge >= 0.3 is 5.97 Å². The Bertz CT molecular complexity index is 1060. The van der Waals surface area contributed by atoms with Crippen LogP contribution in [0.3, 0.4) is 0 Å². The molecule has 0 aliphatic carbocycles. The number of nitrogens with one attached hydrogen (secondary N) is 1. The number of amides is 1. The van der Waals surface area contributed by atoms with E-state index >= 15 is 0 Å². The number of ether oxygens (including phenoxy) is 2. The number of rotatable bonds is 8. The van der Waals surface area contributed by atoms with Crippen molar-refractivity contribution in [2.75, 3.05) is 19.0 Å². The third-order valence-corrected chi connectivity index (χ3v) is 5.62. The maximum Gasteiger partial charge on any atom is 0.341 e. The molecule has 1 amide bonds. The number of carbonyl (C=O) groups excluding carboxylic acids is 2. The number of aromatic nitrogens is 2. The standard InChI is InChI=1S/C21H23N3O5S/c1-5-28-21(26)18-12(2)13(3)30-20(18)22-16(25)10-11-17-23-19(24-29-17)14-8-6-7-9-15(14)27-4/h6-9H,5,10-11H2,1-4H3,(H,22,25). The fourth-order valence-electron chi connectivity index (χ4n) is 2.87. The second-order valence-corrected chi connectivity index (χ2v) is 7.69. The van der Waals surface area contributed by atoms with Gasteiger partial charge in [-0.05, 0) is 38.5 Å². The van der Waals surface area contributed by atoms with Crippen molar-refractivity contribution in [3.63, 3.8) is 0 Å². The van der Waals surface area contributed by atoms with E-state index in [4.69, 9.17) is 14.0 Å². The molecule has 0 spiro atoms. The van der Waals surface area contributed by atoms with E-state index in [0.717, 1.165) is 10.4 Å². The van der Waals surface area contributed by atoms with Gasteiger partial charge in [0.05, 0.1) is 24.8 Å². The highest BCUT2D eigenvalue weighted by molar-refractivity contribution is 7.16. The van der Waals surface area contributed by atoms with Crippen LogP contribution >= 0.6 is 11.3 Å². The summed E-state index contributed by atoms with van der Waals surface area (Å²) in [6.45, 7) is 5.75. The van der Waals surface area contributed by atoms with Crippen LogP contribution in [0.5, 0.6) is 5.75 Å². The number of hydrogen-bond donors (Lipinski definition) is 1. The highest BCUT2D eigenvalue weighted by Gasteiger charge is 2.22. The fourth-order valence-corrected chi connectivity index (χ4v) is 3.93. The van der Waals surface area contributed by atoms with Crippen LogP contribution in [0, 0.1) is 13.8 Å². The number of thiophene rings is 1. The Morgan fingerprint density at radius 1 is 1.23 bits per heavy atom. The molecular formula is C21H23N3O5S. The van der Waals surface area contributed by atoms with Gasteiger partial charge in [-0.2, -0.15) is 4.98 Å². The Kier molecular flexibility index (Phi) is 6.83. The van der Waals surface area contributed by atoms with E-state index in [9.17, 15) is 9.59 Å². The second kappa shape index (κ2) is 9.53. The Balaban J connectivity index is 1.66. The van der Waals surface area contributed by atoms with Crippen molar-refractivity contribution < 1.29 is 23.6 Å². The third kappa shape index (κ3) is 4.68. The van der Waals surface area contributed by atoms with Gasteiger partial charge < -0.3 is 19.3 Å². The molecule has 0 aliphatic heterocycles. The molecule has 0 aliphatic rings. The summed E-state index contributed by atoms with van der Waals surface area (Å²) in [5, 5.41) is 7.27. The molecular weight excluding hydrogens is 406 g/mol. The van der Waals surface area contributed by atoms with Crippen molar-refractivity contribution in [2.24, 2.45) is 0 Å². The molecule has 0 saturated heterocycles. The molecule has 2 heterocycles. The van der Waals surface area contributed by atoms with E-state index in [-0.39, 0.29) is 25.4 Å². The van der Waals surface area contributed by atoms with Crippen molar-refractivity contribution >= 4 is 28.2 Å². The van der Waals surface area contributed by atoms with Crippen molar-refractivity contribution in [1.29, 1.82) is 0 Å². The van der Waals surface area contributed by atoms with E-state index in [1.165, 1.54) is 11.3 Å². The maximum absolute atomic E-state index is 12.4. The lowest BCUT2D eigenvalue weighted by atomic mass is 10.1. The van der Waals surface area contributed by atoms with Crippen LogP contribution < -0.4 is 10.1 Å². The zero-order valence-electron chi connectivity index (χ0n) is 17.3. The molecule has 0 saturated carbocycles. The van der Waals surface area contributed by atoms with E-state index < -0.39 is 5.97 Å². The summed E-state index contributed by atoms with van der Waals surface area (Å²) in [4.78, 5) is 30.0. The number of aryl methyl sites for hydroxylation is 2. The first-order chi connectivity index (χ1) is 14.4. The summed E-state index contributed by atoms with van der Waals surface area (Å²) < 4.78 is 15.7. The van der Waals surface area contributed by atoms with Gasteiger partial charge in [0, 0.05) is 17.7 Å². The topological polar surface area (TPSA) is 104 Å². The molecule has 8 nitrogen and oxygen atoms in total.